The minimum atomic E-state index is 0.684. The molecule has 0 radical (unpaired) electrons. The van der Waals surface area contributed by atoms with Crippen molar-refractivity contribution in [1.82, 2.24) is 19.9 Å². The van der Waals surface area contributed by atoms with Gasteiger partial charge in [-0.1, -0.05) is 133 Å². The van der Waals surface area contributed by atoms with E-state index in [0.717, 1.165) is 66.3 Å². The molecule has 0 aliphatic heterocycles. The highest BCUT2D eigenvalue weighted by Gasteiger charge is 2.19. The minimum absolute atomic E-state index is 0.684. The van der Waals surface area contributed by atoms with Gasteiger partial charge >= 0.3 is 0 Å². The second kappa shape index (κ2) is 11.8. The average Bonchev–Trinajstić information content (AvgIpc) is 3.77. The molecule has 10 rings (SSSR count). The molecule has 0 unspecified atom stereocenters. The van der Waals surface area contributed by atoms with Gasteiger partial charge in [-0.15, -0.1) is 22.7 Å². The van der Waals surface area contributed by atoms with Crippen LogP contribution in [0.15, 0.2) is 158 Å². The molecule has 0 fully saturated rings. The van der Waals surface area contributed by atoms with Crippen molar-refractivity contribution in [3.8, 4) is 56.5 Å². The third kappa shape index (κ3) is 4.88. The molecule has 0 atom stereocenters. The molecule has 4 aromatic heterocycles. The fourth-order valence-corrected chi connectivity index (χ4v) is 9.06. The third-order valence-electron chi connectivity index (χ3n) is 9.15. The van der Waals surface area contributed by atoms with E-state index in [4.69, 9.17) is 19.9 Å². The van der Waals surface area contributed by atoms with Gasteiger partial charge in [-0.05, 0) is 24.3 Å². The number of hydrogen-bond acceptors (Lipinski definition) is 6. The Morgan fingerprint density at radius 2 is 0.920 bits per heavy atom. The summed E-state index contributed by atoms with van der Waals surface area (Å²) in [6, 6.07) is 54.7. The Hall–Kier alpha value is -6.08. The van der Waals surface area contributed by atoms with Crippen molar-refractivity contribution in [1.29, 1.82) is 0 Å². The molecule has 0 aliphatic carbocycles. The Bertz CT molecular complexity index is 2800. The maximum Gasteiger partial charge on any atom is 0.161 e. The van der Waals surface area contributed by atoms with Gasteiger partial charge in [-0.25, -0.2) is 19.9 Å². The standard InChI is InChI=1S/C44H26N4S2/c1-3-12-27(13-4-1)35-26-36(28-14-5-2-6-15-28)46-43(45-35)30-24-22-29(23-25-30)39-42-40(33-17-8-10-21-38(33)50-42)48-44(47-39)34-19-11-18-32-31-16-7-9-20-37(31)49-41(32)34/h1-26H. The van der Waals surface area contributed by atoms with Crippen molar-refractivity contribution in [2.45, 2.75) is 0 Å². The van der Waals surface area contributed by atoms with Crippen LogP contribution in [-0.2, 0) is 0 Å². The third-order valence-corrected chi connectivity index (χ3v) is 11.5. The van der Waals surface area contributed by atoms with Gasteiger partial charge in [-0.2, -0.15) is 0 Å². The Morgan fingerprint density at radius 1 is 0.360 bits per heavy atom. The van der Waals surface area contributed by atoms with Crippen LogP contribution in [0.2, 0.25) is 0 Å². The summed E-state index contributed by atoms with van der Waals surface area (Å²) in [5.41, 5.74) is 8.83. The molecule has 0 bridgehead atoms. The first kappa shape index (κ1) is 28.9. The quantitative estimate of drug-likeness (QED) is 0.182. The van der Waals surface area contributed by atoms with Gasteiger partial charge in [0, 0.05) is 58.1 Å². The first-order valence-corrected chi connectivity index (χ1v) is 18.1. The number of benzene rings is 6. The van der Waals surface area contributed by atoms with Crippen LogP contribution in [0.4, 0.5) is 0 Å². The van der Waals surface area contributed by atoms with E-state index in [0.29, 0.717) is 5.82 Å². The summed E-state index contributed by atoms with van der Waals surface area (Å²) < 4.78 is 4.76. The number of nitrogens with zero attached hydrogens (tertiary/aromatic N) is 4. The largest absolute Gasteiger partial charge is 0.228 e. The molecule has 6 aromatic carbocycles. The molecule has 10 aromatic rings. The second-order valence-corrected chi connectivity index (χ2v) is 14.3. The number of thiophene rings is 2. The van der Waals surface area contributed by atoms with Crippen LogP contribution in [0.3, 0.4) is 0 Å². The molecule has 0 amide bonds. The van der Waals surface area contributed by atoms with E-state index in [-0.39, 0.29) is 0 Å². The molecule has 4 nitrogen and oxygen atoms in total. The van der Waals surface area contributed by atoms with Crippen LogP contribution in [0.5, 0.6) is 0 Å². The van der Waals surface area contributed by atoms with E-state index in [1.807, 2.05) is 36.4 Å². The SMILES string of the molecule is c1ccc(-c2cc(-c3ccccc3)nc(-c3ccc(-c4nc(-c5cccc6c5sc5ccccc56)nc5c4sc4ccccc45)cc3)n2)cc1. The molecule has 0 aliphatic rings. The molecule has 50 heavy (non-hydrogen) atoms. The molecular weight excluding hydrogens is 649 g/mol. The van der Waals surface area contributed by atoms with Crippen molar-refractivity contribution < 1.29 is 0 Å². The van der Waals surface area contributed by atoms with Gasteiger partial charge < -0.3 is 0 Å². The lowest BCUT2D eigenvalue weighted by Crippen LogP contribution is -1.96. The van der Waals surface area contributed by atoms with E-state index >= 15 is 0 Å². The van der Waals surface area contributed by atoms with Crippen LogP contribution in [0.1, 0.15) is 0 Å². The number of hydrogen-bond donors (Lipinski definition) is 0. The molecule has 0 saturated carbocycles. The molecule has 234 valence electrons. The van der Waals surface area contributed by atoms with Crippen molar-refractivity contribution in [2.75, 3.05) is 0 Å². The fraction of sp³-hybridized carbons (Fsp3) is 0. The molecule has 0 N–H and O–H groups in total. The lowest BCUT2D eigenvalue weighted by Gasteiger charge is -2.11. The smallest absolute Gasteiger partial charge is 0.161 e. The fourth-order valence-electron chi connectivity index (χ4n) is 6.70. The van der Waals surface area contributed by atoms with Crippen molar-refractivity contribution in [3.63, 3.8) is 0 Å². The van der Waals surface area contributed by atoms with E-state index in [1.165, 1.54) is 24.9 Å². The molecule has 0 spiro atoms. The lowest BCUT2D eigenvalue weighted by atomic mass is 10.0. The highest BCUT2D eigenvalue weighted by Crippen LogP contribution is 2.43. The van der Waals surface area contributed by atoms with Gasteiger partial charge in [0.05, 0.1) is 27.3 Å². The first-order chi connectivity index (χ1) is 24.8. The maximum absolute atomic E-state index is 5.34. The summed E-state index contributed by atoms with van der Waals surface area (Å²) in [5, 5.41) is 3.65. The Balaban J connectivity index is 1.14. The van der Waals surface area contributed by atoms with Crippen LogP contribution < -0.4 is 0 Å². The van der Waals surface area contributed by atoms with E-state index in [2.05, 4.69) is 121 Å². The molecular formula is C44H26N4S2. The molecule has 6 heteroatoms. The highest BCUT2D eigenvalue weighted by molar-refractivity contribution is 7.26. The van der Waals surface area contributed by atoms with Crippen molar-refractivity contribution in [2.24, 2.45) is 0 Å². The summed E-state index contributed by atoms with van der Waals surface area (Å²) in [6.07, 6.45) is 0. The summed E-state index contributed by atoms with van der Waals surface area (Å²) in [7, 11) is 0. The lowest BCUT2D eigenvalue weighted by molar-refractivity contribution is 1.18. The monoisotopic (exact) mass is 674 g/mol. The minimum Gasteiger partial charge on any atom is -0.228 e. The summed E-state index contributed by atoms with van der Waals surface area (Å²) >= 11 is 3.55. The zero-order valence-corrected chi connectivity index (χ0v) is 28.2. The predicted molar refractivity (Wildman–Crippen MR) is 211 cm³/mol. The van der Waals surface area contributed by atoms with E-state index < -0.39 is 0 Å². The van der Waals surface area contributed by atoms with Crippen molar-refractivity contribution in [3.05, 3.63) is 158 Å². The zero-order chi connectivity index (χ0) is 33.0. The summed E-state index contributed by atoms with van der Waals surface area (Å²) in [4.78, 5) is 20.7. The van der Waals surface area contributed by atoms with E-state index in [1.54, 1.807) is 22.7 Å². The van der Waals surface area contributed by atoms with Crippen molar-refractivity contribution >= 4 is 63.1 Å². The normalized spacial score (nSPS) is 11.6. The Morgan fingerprint density at radius 3 is 1.62 bits per heavy atom. The average molecular weight is 675 g/mol. The van der Waals surface area contributed by atoms with Crippen LogP contribution >= 0.6 is 22.7 Å². The Labute approximate surface area is 296 Å². The van der Waals surface area contributed by atoms with Gasteiger partial charge in [0.15, 0.2) is 11.6 Å². The van der Waals surface area contributed by atoms with Gasteiger partial charge in [-0.3, -0.25) is 0 Å². The zero-order valence-electron chi connectivity index (χ0n) is 26.6. The van der Waals surface area contributed by atoms with Gasteiger partial charge in [0.2, 0.25) is 0 Å². The first-order valence-electron chi connectivity index (χ1n) is 16.5. The molecule has 4 heterocycles. The van der Waals surface area contributed by atoms with E-state index in [9.17, 15) is 0 Å². The van der Waals surface area contributed by atoms with Crippen LogP contribution in [0, 0.1) is 0 Å². The van der Waals surface area contributed by atoms with Gasteiger partial charge in [0.1, 0.15) is 0 Å². The Kier molecular flexibility index (Phi) is 6.82. The molecule has 0 saturated heterocycles. The maximum atomic E-state index is 5.34. The topological polar surface area (TPSA) is 51.6 Å². The summed E-state index contributed by atoms with van der Waals surface area (Å²) in [6.45, 7) is 0. The number of rotatable bonds is 5. The predicted octanol–water partition coefficient (Wildman–Crippen LogP) is 12.3. The van der Waals surface area contributed by atoms with Gasteiger partial charge in [0.25, 0.3) is 0 Å². The van der Waals surface area contributed by atoms with Crippen LogP contribution in [-0.4, -0.2) is 19.9 Å². The summed E-state index contributed by atoms with van der Waals surface area (Å²) in [5.74, 6) is 1.42. The second-order valence-electron chi connectivity index (χ2n) is 12.2. The number of aromatic nitrogens is 4. The number of fused-ring (bicyclic) bond motifs is 6. The highest BCUT2D eigenvalue weighted by atomic mass is 32.1. The van der Waals surface area contributed by atoms with Crippen LogP contribution in [0.25, 0.3) is 97.0 Å².